The zero-order valence-corrected chi connectivity index (χ0v) is 12.4. The molecule has 114 valence electrons. The summed E-state index contributed by atoms with van der Waals surface area (Å²) >= 11 is 0. The maximum absolute atomic E-state index is 12.0. The highest BCUT2D eigenvalue weighted by Gasteiger charge is 2.15. The standard InChI is InChI=1S/C16H23N3O2/c1-21-9-5-4-8-18-16(20)14(17)10-12-11-19-15-7-3-2-6-13(12)15/h2-3,6-7,11,14,19H,4-5,8-10,17H2,1H3,(H,18,20)/t14-/m1/s1. The molecule has 1 heterocycles. The number of aromatic amines is 1. The quantitative estimate of drug-likeness (QED) is 0.645. The summed E-state index contributed by atoms with van der Waals surface area (Å²) in [5.41, 5.74) is 8.14. The molecule has 0 spiro atoms. The van der Waals surface area contributed by atoms with Crippen LogP contribution >= 0.6 is 0 Å². The minimum atomic E-state index is -0.522. The molecule has 0 aliphatic carbocycles. The van der Waals surface area contributed by atoms with Crippen molar-refractivity contribution in [2.45, 2.75) is 25.3 Å². The third-order valence-electron chi connectivity index (χ3n) is 3.53. The van der Waals surface area contributed by atoms with Gasteiger partial charge in [0.1, 0.15) is 0 Å². The van der Waals surface area contributed by atoms with Crippen molar-refractivity contribution >= 4 is 16.8 Å². The average Bonchev–Trinajstić information content (AvgIpc) is 2.90. The summed E-state index contributed by atoms with van der Waals surface area (Å²) in [5.74, 6) is -0.0994. The van der Waals surface area contributed by atoms with Gasteiger partial charge in [0.2, 0.25) is 5.91 Å². The highest BCUT2D eigenvalue weighted by atomic mass is 16.5. The van der Waals surface area contributed by atoms with Crippen molar-refractivity contribution in [3.63, 3.8) is 0 Å². The van der Waals surface area contributed by atoms with Crippen LogP contribution in [0.5, 0.6) is 0 Å². The number of carbonyl (C=O) groups is 1. The van der Waals surface area contributed by atoms with Crippen LogP contribution < -0.4 is 11.1 Å². The highest BCUT2D eigenvalue weighted by Crippen LogP contribution is 2.18. The minimum absolute atomic E-state index is 0.0994. The first-order valence-electron chi connectivity index (χ1n) is 7.29. The van der Waals surface area contributed by atoms with Crippen LogP contribution in [0.1, 0.15) is 18.4 Å². The number of hydrogen-bond acceptors (Lipinski definition) is 3. The zero-order chi connectivity index (χ0) is 15.1. The Morgan fingerprint density at radius 3 is 3.00 bits per heavy atom. The van der Waals surface area contributed by atoms with Crippen molar-refractivity contribution in [1.82, 2.24) is 10.3 Å². The van der Waals surface area contributed by atoms with Gasteiger partial charge in [0.05, 0.1) is 6.04 Å². The normalized spacial score (nSPS) is 12.5. The molecule has 1 amide bonds. The van der Waals surface area contributed by atoms with Gasteiger partial charge in [-0.05, 0) is 30.9 Å². The maximum atomic E-state index is 12.0. The highest BCUT2D eigenvalue weighted by molar-refractivity contribution is 5.86. The van der Waals surface area contributed by atoms with Crippen molar-refractivity contribution in [1.29, 1.82) is 0 Å². The molecule has 21 heavy (non-hydrogen) atoms. The SMILES string of the molecule is COCCCCNC(=O)[C@H](N)Cc1c[nH]c2ccccc12. The minimum Gasteiger partial charge on any atom is -0.385 e. The van der Waals surface area contributed by atoms with E-state index in [-0.39, 0.29) is 5.91 Å². The number of nitrogens with one attached hydrogen (secondary N) is 2. The second-order valence-corrected chi connectivity index (χ2v) is 5.16. The van der Waals surface area contributed by atoms with Crippen molar-refractivity contribution in [2.75, 3.05) is 20.3 Å². The van der Waals surface area contributed by atoms with Crippen LogP contribution in [0, 0.1) is 0 Å². The van der Waals surface area contributed by atoms with Gasteiger partial charge in [0.15, 0.2) is 0 Å². The molecule has 1 aromatic carbocycles. The van der Waals surface area contributed by atoms with Gasteiger partial charge in [-0.2, -0.15) is 0 Å². The molecule has 5 heteroatoms. The predicted molar refractivity (Wildman–Crippen MR) is 84.1 cm³/mol. The average molecular weight is 289 g/mol. The first kappa shape index (κ1) is 15.5. The van der Waals surface area contributed by atoms with Crippen molar-refractivity contribution < 1.29 is 9.53 Å². The maximum Gasteiger partial charge on any atom is 0.237 e. The van der Waals surface area contributed by atoms with E-state index in [0.717, 1.165) is 35.9 Å². The smallest absolute Gasteiger partial charge is 0.237 e. The summed E-state index contributed by atoms with van der Waals surface area (Å²) in [7, 11) is 1.68. The van der Waals surface area contributed by atoms with Gasteiger partial charge in [0, 0.05) is 37.4 Å². The fourth-order valence-electron chi connectivity index (χ4n) is 2.34. The Balaban J connectivity index is 1.83. The molecule has 0 bridgehead atoms. The summed E-state index contributed by atoms with van der Waals surface area (Å²) in [6.07, 6.45) is 4.30. The largest absolute Gasteiger partial charge is 0.385 e. The first-order chi connectivity index (χ1) is 10.2. The summed E-state index contributed by atoms with van der Waals surface area (Å²) in [5, 5.41) is 4.00. The molecule has 0 aliphatic heterocycles. The van der Waals surface area contributed by atoms with Gasteiger partial charge >= 0.3 is 0 Å². The molecule has 2 aromatic rings. The molecule has 4 N–H and O–H groups in total. The number of benzene rings is 1. The Morgan fingerprint density at radius 2 is 2.19 bits per heavy atom. The van der Waals surface area contributed by atoms with E-state index in [1.165, 1.54) is 0 Å². The molecule has 0 aliphatic rings. The fourth-order valence-corrected chi connectivity index (χ4v) is 2.34. The number of fused-ring (bicyclic) bond motifs is 1. The van der Waals surface area contributed by atoms with Crippen LogP contribution in [-0.4, -0.2) is 37.2 Å². The number of unbranched alkanes of at least 4 members (excludes halogenated alkanes) is 1. The molecular formula is C16H23N3O2. The van der Waals surface area contributed by atoms with Crippen molar-refractivity contribution in [3.8, 4) is 0 Å². The van der Waals surface area contributed by atoms with E-state index < -0.39 is 6.04 Å². The Hall–Kier alpha value is -1.85. The number of H-pyrrole nitrogens is 1. The number of hydrogen-bond donors (Lipinski definition) is 3. The van der Waals surface area contributed by atoms with E-state index in [9.17, 15) is 4.79 Å². The van der Waals surface area contributed by atoms with Crippen molar-refractivity contribution in [3.05, 3.63) is 36.0 Å². The Morgan fingerprint density at radius 1 is 1.38 bits per heavy atom. The van der Waals surface area contributed by atoms with Crippen molar-refractivity contribution in [2.24, 2.45) is 5.73 Å². The van der Waals surface area contributed by atoms with E-state index >= 15 is 0 Å². The van der Waals surface area contributed by atoms with Crippen LogP contribution in [0.15, 0.2) is 30.5 Å². The Labute approximate surface area is 124 Å². The lowest BCUT2D eigenvalue weighted by Crippen LogP contribution is -2.42. The number of carbonyl (C=O) groups excluding carboxylic acids is 1. The molecule has 1 atom stereocenters. The molecule has 0 radical (unpaired) electrons. The predicted octanol–water partition coefficient (Wildman–Crippen LogP) is 1.58. The third-order valence-corrected chi connectivity index (χ3v) is 3.53. The lowest BCUT2D eigenvalue weighted by atomic mass is 10.1. The van der Waals surface area contributed by atoms with E-state index in [1.54, 1.807) is 7.11 Å². The van der Waals surface area contributed by atoms with E-state index in [0.29, 0.717) is 13.0 Å². The van der Waals surface area contributed by atoms with E-state index in [4.69, 9.17) is 10.5 Å². The lowest BCUT2D eigenvalue weighted by Gasteiger charge is -2.11. The van der Waals surface area contributed by atoms with Crippen LogP contribution in [0.4, 0.5) is 0 Å². The summed E-state index contributed by atoms with van der Waals surface area (Å²) in [4.78, 5) is 15.2. The number of para-hydroxylation sites is 1. The van der Waals surface area contributed by atoms with Crippen LogP contribution in [0.25, 0.3) is 10.9 Å². The van der Waals surface area contributed by atoms with Crippen LogP contribution in [-0.2, 0) is 16.0 Å². The Bertz CT molecular complexity index is 580. The van der Waals surface area contributed by atoms with Gasteiger partial charge in [0.25, 0.3) is 0 Å². The molecule has 0 saturated carbocycles. The van der Waals surface area contributed by atoms with E-state index in [2.05, 4.69) is 10.3 Å². The molecule has 0 fully saturated rings. The lowest BCUT2D eigenvalue weighted by molar-refractivity contribution is -0.122. The summed E-state index contributed by atoms with van der Waals surface area (Å²) < 4.78 is 4.97. The van der Waals surface area contributed by atoms with Gasteiger partial charge in [-0.25, -0.2) is 0 Å². The summed E-state index contributed by atoms with van der Waals surface area (Å²) in [6.45, 7) is 1.36. The van der Waals surface area contributed by atoms with Gasteiger partial charge in [-0.15, -0.1) is 0 Å². The zero-order valence-electron chi connectivity index (χ0n) is 12.4. The number of rotatable bonds is 8. The monoisotopic (exact) mass is 289 g/mol. The van der Waals surface area contributed by atoms with Gasteiger partial charge < -0.3 is 20.8 Å². The molecule has 5 nitrogen and oxygen atoms in total. The number of aromatic nitrogens is 1. The topological polar surface area (TPSA) is 80.1 Å². The molecule has 2 rings (SSSR count). The van der Waals surface area contributed by atoms with E-state index in [1.807, 2.05) is 30.5 Å². The van der Waals surface area contributed by atoms with Crippen LogP contribution in [0.2, 0.25) is 0 Å². The van der Waals surface area contributed by atoms with Crippen LogP contribution in [0.3, 0.4) is 0 Å². The second kappa shape index (κ2) is 7.81. The molecule has 0 saturated heterocycles. The summed E-state index contributed by atoms with van der Waals surface area (Å²) in [6, 6.07) is 7.50. The Kier molecular flexibility index (Phi) is 5.78. The number of nitrogens with two attached hydrogens (primary N) is 1. The number of methoxy groups -OCH3 is 1. The fraction of sp³-hybridized carbons (Fsp3) is 0.438. The first-order valence-corrected chi connectivity index (χ1v) is 7.29. The number of ether oxygens (including phenoxy) is 1. The molecule has 1 aromatic heterocycles. The third kappa shape index (κ3) is 4.31. The number of amides is 1. The van der Waals surface area contributed by atoms with Gasteiger partial charge in [-0.3, -0.25) is 4.79 Å². The molecule has 0 unspecified atom stereocenters. The molecular weight excluding hydrogens is 266 g/mol. The second-order valence-electron chi connectivity index (χ2n) is 5.16. The van der Waals surface area contributed by atoms with Gasteiger partial charge in [-0.1, -0.05) is 18.2 Å².